The fourth-order valence-corrected chi connectivity index (χ4v) is 2.33. The maximum atomic E-state index is 11.3. The average molecular weight is 212 g/mol. The highest BCUT2D eigenvalue weighted by Crippen LogP contribution is 2.50. The molecular weight excluding hydrogens is 200 g/mol. The summed E-state index contributed by atoms with van der Waals surface area (Å²) in [5.74, 6) is -0.351. The van der Waals surface area contributed by atoms with Crippen LogP contribution in [0.1, 0.15) is 18.5 Å². The lowest BCUT2D eigenvalue weighted by Gasteiger charge is -2.18. The van der Waals surface area contributed by atoms with E-state index in [-0.39, 0.29) is 11.4 Å². The van der Waals surface area contributed by atoms with Crippen molar-refractivity contribution < 1.29 is 9.53 Å². The van der Waals surface area contributed by atoms with E-state index in [9.17, 15) is 4.79 Å². The van der Waals surface area contributed by atoms with Gasteiger partial charge in [0.05, 0.1) is 18.3 Å². The number of methoxy groups -OCH3 is 1. The molecule has 14 heavy (non-hydrogen) atoms. The van der Waals surface area contributed by atoms with Crippen molar-refractivity contribution in [1.82, 2.24) is 4.98 Å². The lowest BCUT2D eigenvalue weighted by Crippen LogP contribution is -2.43. The Bertz CT molecular complexity index is 333. The van der Waals surface area contributed by atoms with Crippen molar-refractivity contribution in [3.8, 4) is 0 Å². The fraction of sp³-hybridized carbons (Fsp3) is 0.556. The third-order valence-electron chi connectivity index (χ3n) is 2.78. The maximum absolute atomic E-state index is 11.3. The molecule has 0 amide bonds. The number of ether oxygens (including phenoxy) is 1. The van der Waals surface area contributed by atoms with Crippen LogP contribution in [-0.2, 0) is 14.9 Å². The third kappa shape index (κ3) is 1.33. The quantitative estimate of drug-likeness (QED) is 0.748. The van der Waals surface area contributed by atoms with Crippen molar-refractivity contribution in [2.75, 3.05) is 7.11 Å². The summed E-state index contributed by atoms with van der Waals surface area (Å²) in [6.07, 6.45) is 1.85. The molecule has 2 N–H and O–H groups in total. The smallest absolute Gasteiger partial charge is 0.323 e. The van der Waals surface area contributed by atoms with E-state index in [4.69, 9.17) is 5.73 Å². The first-order chi connectivity index (χ1) is 6.70. The van der Waals surface area contributed by atoms with E-state index in [0.717, 1.165) is 18.5 Å². The molecule has 1 fully saturated rings. The molecule has 1 saturated carbocycles. The predicted molar refractivity (Wildman–Crippen MR) is 53.0 cm³/mol. The highest BCUT2D eigenvalue weighted by atomic mass is 32.1. The van der Waals surface area contributed by atoms with Crippen molar-refractivity contribution >= 4 is 17.3 Å². The molecule has 1 unspecified atom stereocenters. The molecule has 0 aliphatic heterocycles. The predicted octanol–water partition coefficient (Wildman–Crippen LogP) is 0.675. The van der Waals surface area contributed by atoms with Crippen LogP contribution >= 0.6 is 11.3 Å². The standard InChI is InChI=1S/C9H12N2O2S/c1-13-8(12)7(10)9(2-3-9)6-4-14-5-11-6/h4-5,7H,2-3,10H2,1H3. The van der Waals surface area contributed by atoms with Gasteiger partial charge in [-0.25, -0.2) is 4.98 Å². The second-order valence-electron chi connectivity index (χ2n) is 3.53. The van der Waals surface area contributed by atoms with Gasteiger partial charge in [0, 0.05) is 10.8 Å². The van der Waals surface area contributed by atoms with E-state index in [1.165, 1.54) is 18.4 Å². The Hall–Kier alpha value is -0.940. The van der Waals surface area contributed by atoms with Gasteiger partial charge < -0.3 is 10.5 Å². The highest BCUT2D eigenvalue weighted by Gasteiger charge is 2.54. The summed E-state index contributed by atoms with van der Waals surface area (Å²) in [5, 5.41) is 1.95. The summed E-state index contributed by atoms with van der Waals surface area (Å²) in [4.78, 5) is 15.5. The first kappa shape index (κ1) is 9.61. The first-order valence-electron chi connectivity index (χ1n) is 4.43. The molecule has 1 aromatic heterocycles. The van der Waals surface area contributed by atoms with Crippen molar-refractivity contribution in [2.24, 2.45) is 5.73 Å². The van der Waals surface area contributed by atoms with Crippen LogP contribution in [0.25, 0.3) is 0 Å². The maximum Gasteiger partial charge on any atom is 0.323 e. The van der Waals surface area contributed by atoms with Gasteiger partial charge in [-0.3, -0.25) is 4.79 Å². The molecule has 4 nitrogen and oxygen atoms in total. The summed E-state index contributed by atoms with van der Waals surface area (Å²) in [6, 6.07) is -0.574. The minimum atomic E-state index is -0.574. The number of rotatable bonds is 3. The van der Waals surface area contributed by atoms with Gasteiger partial charge in [0.25, 0.3) is 0 Å². The Morgan fingerprint density at radius 2 is 2.50 bits per heavy atom. The van der Waals surface area contributed by atoms with Gasteiger partial charge in [-0.2, -0.15) is 0 Å². The molecule has 0 bridgehead atoms. The number of nitrogens with zero attached hydrogens (tertiary/aromatic N) is 1. The van der Waals surface area contributed by atoms with E-state index in [2.05, 4.69) is 9.72 Å². The van der Waals surface area contributed by atoms with Gasteiger partial charge in [-0.05, 0) is 12.8 Å². The number of esters is 1. The van der Waals surface area contributed by atoms with Crippen molar-refractivity contribution in [3.63, 3.8) is 0 Å². The minimum Gasteiger partial charge on any atom is -0.468 e. The van der Waals surface area contributed by atoms with Gasteiger partial charge in [-0.1, -0.05) is 0 Å². The van der Waals surface area contributed by atoms with E-state index in [1.807, 2.05) is 5.38 Å². The zero-order valence-electron chi connectivity index (χ0n) is 7.90. The summed E-state index contributed by atoms with van der Waals surface area (Å²) < 4.78 is 4.65. The van der Waals surface area contributed by atoms with E-state index in [0.29, 0.717) is 0 Å². The summed E-state index contributed by atoms with van der Waals surface area (Å²) in [6.45, 7) is 0. The number of carbonyl (C=O) groups excluding carboxylic acids is 1. The second-order valence-corrected chi connectivity index (χ2v) is 4.25. The van der Waals surface area contributed by atoms with Gasteiger partial charge in [0.2, 0.25) is 0 Å². The van der Waals surface area contributed by atoms with Gasteiger partial charge in [-0.15, -0.1) is 11.3 Å². The zero-order chi connectivity index (χ0) is 10.2. The van der Waals surface area contributed by atoms with Crippen LogP contribution in [0.5, 0.6) is 0 Å². The third-order valence-corrected chi connectivity index (χ3v) is 3.37. The highest BCUT2D eigenvalue weighted by molar-refractivity contribution is 7.07. The fourth-order valence-electron chi connectivity index (χ4n) is 1.67. The number of nitrogens with two attached hydrogens (primary N) is 1. The topological polar surface area (TPSA) is 65.2 Å². The second kappa shape index (κ2) is 3.33. The Kier molecular flexibility index (Phi) is 2.28. The average Bonchev–Trinajstić information content (AvgIpc) is 2.84. The van der Waals surface area contributed by atoms with Gasteiger partial charge in [0.1, 0.15) is 6.04 Å². The first-order valence-corrected chi connectivity index (χ1v) is 5.37. The van der Waals surface area contributed by atoms with Gasteiger partial charge >= 0.3 is 5.97 Å². The summed E-state index contributed by atoms with van der Waals surface area (Å²) in [5.41, 5.74) is 8.30. The molecule has 5 heteroatoms. The van der Waals surface area contributed by atoms with E-state index < -0.39 is 6.04 Å². The van der Waals surface area contributed by atoms with Crippen LogP contribution in [0.4, 0.5) is 0 Å². The van der Waals surface area contributed by atoms with Crippen LogP contribution in [0.3, 0.4) is 0 Å². The Balaban J connectivity index is 2.21. The largest absolute Gasteiger partial charge is 0.468 e. The van der Waals surface area contributed by atoms with Crippen molar-refractivity contribution in [2.45, 2.75) is 24.3 Å². The SMILES string of the molecule is COC(=O)C(N)C1(c2cscn2)CC1. The molecule has 0 aromatic carbocycles. The molecule has 1 aliphatic rings. The summed E-state index contributed by atoms with van der Waals surface area (Å²) in [7, 11) is 1.36. The van der Waals surface area contributed by atoms with Crippen LogP contribution < -0.4 is 5.73 Å². The van der Waals surface area contributed by atoms with Gasteiger partial charge in [0.15, 0.2) is 0 Å². The number of carbonyl (C=O) groups is 1. The zero-order valence-corrected chi connectivity index (χ0v) is 8.71. The molecule has 2 rings (SSSR count). The number of hydrogen-bond donors (Lipinski definition) is 1. The van der Waals surface area contributed by atoms with E-state index >= 15 is 0 Å². The molecule has 76 valence electrons. The number of aromatic nitrogens is 1. The van der Waals surface area contributed by atoms with Crippen LogP contribution in [0.15, 0.2) is 10.9 Å². The van der Waals surface area contributed by atoms with Crippen LogP contribution in [0, 0.1) is 0 Å². The molecule has 1 heterocycles. The molecule has 1 aromatic rings. The van der Waals surface area contributed by atoms with Crippen LogP contribution in [0.2, 0.25) is 0 Å². The molecule has 1 aliphatic carbocycles. The molecule has 1 atom stereocenters. The number of hydrogen-bond acceptors (Lipinski definition) is 5. The Labute approximate surface area is 86.1 Å². The summed E-state index contributed by atoms with van der Waals surface area (Å²) >= 11 is 1.52. The monoisotopic (exact) mass is 212 g/mol. The lowest BCUT2D eigenvalue weighted by atomic mass is 9.94. The lowest BCUT2D eigenvalue weighted by molar-refractivity contribution is -0.143. The Morgan fingerprint density at radius 1 is 1.79 bits per heavy atom. The van der Waals surface area contributed by atoms with Crippen molar-refractivity contribution in [1.29, 1.82) is 0 Å². The normalized spacial score (nSPS) is 20.1. The van der Waals surface area contributed by atoms with E-state index in [1.54, 1.807) is 5.51 Å². The van der Waals surface area contributed by atoms with Crippen molar-refractivity contribution in [3.05, 3.63) is 16.6 Å². The minimum absolute atomic E-state index is 0.243. The number of thiazole rings is 1. The molecule has 0 spiro atoms. The molecule has 0 saturated heterocycles. The van der Waals surface area contributed by atoms with Crippen LogP contribution in [-0.4, -0.2) is 24.1 Å². The Morgan fingerprint density at radius 3 is 2.93 bits per heavy atom. The molecule has 0 radical (unpaired) electrons. The molecular formula is C9H12N2O2S.